The molecule has 0 unspecified atom stereocenters. The SMILES string of the molecule is CC1=C(C)C[C@](C#N)(S(=O)(=O)C(F)(F)C(F)(F)C(F)(F)C(F)(F)F)[C@@H](c2ccc(Cl)cc2)C1. The summed E-state index contributed by atoms with van der Waals surface area (Å²) >= 11 is 5.72. The molecule has 0 bridgehead atoms. The van der Waals surface area contributed by atoms with Gasteiger partial charge in [0, 0.05) is 17.4 Å². The van der Waals surface area contributed by atoms with Crippen molar-refractivity contribution >= 4 is 21.4 Å². The van der Waals surface area contributed by atoms with Crippen molar-refractivity contribution in [3.8, 4) is 6.07 Å². The van der Waals surface area contributed by atoms with Crippen LogP contribution in [0.25, 0.3) is 0 Å². The first-order chi connectivity index (χ1) is 14.7. The topological polar surface area (TPSA) is 57.9 Å². The van der Waals surface area contributed by atoms with Crippen molar-refractivity contribution in [1.82, 2.24) is 0 Å². The monoisotopic (exact) mass is 527 g/mol. The van der Waals surface area contributed by atoms with Gasteiger partial charge in [-0.15, -0.1) is 0 Å². The summed E-state index contributed by atoms with van der Waals surface area (Å²) in [6, 6.07) is 5.63. The lowest BCUT2D eigenvalue weighted by molar-refractivity contribution is -0.382. The van der Waals surface area contributed by atoms with E-state index in [1.165, 1.54) is 26.0 Å². The molecule has 1 aromatic rings. The Morgan fingerprint density at radius 2 is 1.42 bits per heavy atom. The summed E-state index contributed by atoms with van der Waals surface area (Å²) in [6.07, 6.45) is -8.77. The van der Waals surface area contributed by atoms with E-state index in [2.05, 4.69) is 0 Å². The van der Waals surface area contributed by atoms with E-state index in [4.69, 9.17) is 11.6 Å². The highest BCUT2D eigenvalue weighted by Gasteiger charge is 2.87. The van der Waals surface area contributed by atoms with Crippen molar-refractivity contribution < 1.29 is 47.9 Å². The van der Waals surface area contributed by atoms with Crippen LogP contribution in [0.15, 0.2) is 35.4 Å². The molecular formula is C19H15ClF9NO2S. The fraction of sp³-hybridized carbons (Fsp3) is 0.526. The highest BCUT2D eigenvalue weighted by Crippen LogP contribution is 2.59. The molecule has 2 rings (SSSR count). The standard InChI is InChI=1S/C19H15ClF9NO2S/c1-10-7-14(12-3-5-13(20)6-4-12)15(9-30,8-11(10)2)33(31,32)19(28,29)17(23,24)16(21,22)18(25,26)27/h3-6,14H,7-8H2,1-2H3/t14-,15-/m1/s1. The molecule has 0 aliphatic heterocycles. The molecule has 0 saturated heterocycles. The van der Waals surface area contributed by atoms with Crippen LogP contribution >= 0.6 is 11.6 Å². The zero-order valence-electron chi connectivity index (χ0n) is 16.8. The first-order valence-electron chi connectivity index (χ1n) is 8.97. The summed E-state index contributed by atoms with van der Waals surface area (Å²) in [5.41, 5.74) is 0.261. The van der Waals surface area contributed by atoms with Gasteiger partial charge in [-0.1, -0.05) is 34.9 Å². The molecule has 1 aliphatic carbocycles. The molecule has 0 N–H and O–H groups in total. The lowest BCUT2D eigenvalue weighted by Gasteiger charge is -2.43. The predicted octanol–water partition coefficient (Wildman–Crippen LogP) is 6.66. The van der Waals surface area contributed by atoms with Gasteiger partial charge >= 0.3 is 23.3 Å². The quantitative estimate of drug-likeness (QED) is 0.318. The Kier molecular flexibility index (Phi) is 6.68. The van der Waals surface area contributed by atoms with E-state index in [9.17, 15) is 53.2 Å². The molecule has 0 amide bonds. The molecule has 3 nitrogen and oxygen atoms in total. The first kappa shape index (κ1) is 27.3. The average molecular weight is 528 g/mol. The number of sulfone groups is 1. The van der Waals surface area contributed by atoms with Crippen LogP contribution in [-0.4, -0.2) is 36.4 Å². The van der Waals surface area contributed by atoms with Crippen LogP contribution in [0, 0.1) is 11.3 Å². The van der Waals surface area contributed by atoms with E-state index in [0.29, 0.717) is 5.57 Å². The van der Waals surface area contributed by atoms with Gasteiger partial charge in [0.25, 0.3) is 0 Å². The molecule has 33 heavy (non-hydrogen) atoms. The lowest BCUT2D eigenvalue weighted by Crippen LogP contribution is -2.67. The molecule has 0 saturated carbocycles. The van der Waals surface area contributed by atoms with E-state index in [1.54, 1.807) is 0 Å². The third-order valence-corrected chi connectivity index (χ3v) is 8.39. The number of nitriles is 1. The van der Waals surface area contributed by atoms with Gasteiger partial charge in [-0.25, -0.2) is 8.42 Å². The van der Waals surface area contributed by atoms with Crippen LogP contribution in [0.5, 0.6) is 0 Å². The van der Waals surface area contributed by atoms with E-state index < -0.39 is 56.6 Å². The molecule has 0 radical (unpaired) electrons. The Balaban J connectivity index is 2.84. The normalized spacial score (nSPS) is 23.4. The number of halogens is 10. The van der Waals surface area contributed by atoms with Gasteiger partial charge in [0.15, 0.2) is 4.75 Å². The summed E-state index contributed by atoms with van der Waals surface area (Å²) < 4.78 is 144. The predicted molar refractivity (Wildman–Crippen MR) is 100.0 cm³/mol. The summed E-state index contributed by atoms with van der Waals surface area (Å²) in [5, 5.41) is 2.83. The van der Waals surface area contributed by atoms with E-state index in [1.807, 2.05) is 0 Å². The molecular weight excluding hydrogens is 513 g/mol. The Bertz CT molecular complexity index is 1110. The maximum absolute atomic E-state index is 14.7. The minimum atomic E-state index is -7.42. The van der Waals surface area contributed by atoms with Crippen LogP contribution in [0.1, 0.15) is 38.2 Å². The number of rotatable bonds is 5. The summed E-state index contributed by atoms with van der Waals surface area (Å²) in [6.45, 7) is 2.65. The minimum Gasteiger partial charge on any atom is -0.221 e. The van der Waals surface area contributed by atoms with Crippen molar-refractivity contribution in [3.05, 3.63) is 46.0 Å². The molecule has 0 fully saturated rings. The highest BCUT2D eigenvalue weighted by molar-refractivity contribution is 7.94. The van der Waals surface area contributed by atoms with Gasteiger partial charge in [-0.3, -0.25) is 0 Å². The molecule has 0 spiro atoms. The van der Waals surface area contributed by atoms with Crippen molar-refractivity contribution in [3.63, 3.8) is 0 Å². The molecule has 2 atom stereocenters. The smallest absolute Gasteiger partial charge is 0.221 e. The summed E-state index contributed by atoms with van der Waals surface area (Å²) in [5.74, 6) is -16.6. The molecule has 1 aromatic carbocycles. The van der Waals surface area contributed by atoms with Gasteiger partial charge in [-0.2, -0.15) is 44.8 Å². The van der Waals surface area contributed by atoms with E-state index >= 15 is 0 Å². The second-order valence-corrected chi connectivity index (χ2v) is 10.4. The zero-order valence-corrected chi connectivity index (χ0v) is 18.3. The van der Waals surface area contributed by atoms with Gasteiger partial charge in [0.2, 0.25) is 9.84 Å². The highest BCUT2D eigenvalue weighted by atomic mass is 35.5. The number of nitrogens with zero attached hydrogens (tertiary/aromatic N) is 1. The average Bonchev–Trinajstić information content (AvgIpc) is 2.69. The third-order valence-electron chi connectivity index (χ3n) is 5.72. The van der Waals surface area contributed by atoms with Crippen molar-refractivity contribution in [2.24, 2.45) is 0 Å². The first-order valence-corrected chi connectivity index (χ1v) is 10.8. The molecule has 0 heterocycles. The van der Waals surface area contributed by atoms with Crippen LogP contribution in [0.4, 0.5) is 39.5 Å². The number of hydrogen-bond acceptors (Lipinski definition) is 3. The Hall–Kier alpha value is -1.94. The van der Waals surface area contributed by atoms with Crippen molar-refractivity contribution in [2.75, 3.05) is 0 Å². The number of alkyl halides is 9. The molecule has 0 aromatic heterocycles. The number of benzene rings is 1. The van der Waals surface area contributed by atoms with Gasteiger partial charge < -0.3 is 0 Å². The van der Waals surface area contributed by atoms with Crippen molar-refractivity contribution in [1.29, 1.82) is 5.26 Å². The zero-order chi connectivity index (χ0) is 25.8. The number of hydrogen-bond donors (Lipinski definition) is 0. The molecule has 184 valence electrons. The van der Waals surface area contributed by atoms with Crippen LogP contribution in [0.2, 0.25) is 5.02 Å². The maximum atomic E-state index is 14.7. The molecule has 1 aliphatic rings. The second-order valence-electron chi connectivity index (χ2n) is 7.71. The fourth-order valence-corrected chi connectivity index (χ4v) is 5.78. The Morgan fingerprint density at radius 3 is 1.85 bits per heavy atom. The third kappa shape index (κ3) is 3.79. The van der Waals surface area contributed by atoms with Crippen LogP contribution < -0.4 is 0 Å². The molecule has 14 heteroatoms. The van der Waals surface area contributed by atoms with Crippen LogP contribution in [0.3, 0.4) is 0 Å². The Labute approximate surface area is 187 Å². The summed E-state index contributed by atoms with van der Waals surface area (Å²) in [7, 11) is -7.03. The van der Waals surface area contributed by atoms with Crippen molar-refractivity contribution in [2.45, 2.75) is 60.6 Å². The van der Waals surface area contributed by atoms with Gasteiger partial charge in [0.1, 0.15) is 0 Å². The van der Waals surface area contributed by atoms with Crippen LogP contribution in [-0.2, 0) is 9.84 Å². The maximum Gasteiger partial charge on any atom is 0.460 e. The van der Waals surface area contributed by atoms with Gasteiger partial charge in [-0.05, 0) is 38.0 Å². The number of allylic oxidation sites excluding steroid dienone is 2. The van der Waals surface area contributed by atoms with Gasteiger partial charge in [0.05, 0.1) is 6.07 Å². The second kappa shape index (κ2) is 8.08. The minimum absolute atomic E-state index is 0.00652. The fourth-order valence-electron chi connectivity index (χ4n) is 3.61. The lowest BCUT2D eigenvalue weighted by atomic mass is 9.73. The van der Waals surface area contributed by atoms with E-state index in [0.717, 1.165) is 18.2 Å². The van der Waals surface area contributed by atoms with E-state index in [-0.39, 0.29) is 16.2 Å². The summed E-state index contributed by atoms with van der Waals surface area (Å²) in [4.78, 5) is 0. The Morgan fingerprint density at radius 1 is 0.939 bits per heavy atom. The largest absolute Gasteiger partial charge is 0.460 e.